The van der Waals surface area contributed by atoms with Gasteiger partial charge in [-0.05, 0) is 15.9 Å². The molecule has 0 aliphatic heterocycles. The molecule has 0 radical (unpaired) electrons. The third-order valence-corrected chi connectivity index (χ3v) is 2.14. The Hall–Kier alpha value is -0.680. The minimum absolute atomic E-state index is 0.00519. The van der Waals surface area contributed by atoms with Crippen molar-refractivity contribution in [2.24, 2.45) is 0 Å². The van der Waals surface area contributed by atoms with Gasteiger partial charge in [-0.25, -0.2) is 9.97 Å². The van der Waals surface area contributed by atoms with Gasteiger partial charge in [-0.2, -0.15) is 0 Å². The van der Waals surface area contributed by atoms with Gasteiger partial charge < -0.3 is 10.8 Å². The van der Waals surface area contributed by atoms with E-state index in [0.29, 0.717) is 10.4 Å². The van der Waals surface area contributed by atoms with Crippen molar-refractivity contribution in [1.82, 2.24) is 9.97 Å². The Balaban J connectivity index is 2.96. The number of aliphatic hydroxyl groups is 1. The molecule has 66 valence electrons. The summed E-state index contributed by atoms with van der Waals surface area (Å²) in [5.41, 5.74) is 6.18. The summed E-state index contributed by atoms with van der Waals surface area (Å²) in [6.07, 6.45) is 1.57. The molecule has 0 aliphatic rings. The maximum Gasteiger partial charge on any atom is 0.156 e. The fourth-order valence-electron chi connectivity index (χ4n) is 0.719. The smallest absolute Gasteiger partial charge is 0.156 e. The highest BCUT2D eigenvalue weighted by atomic mass is 79.9. The van der Waals surface area contributed by atoms with Crippen molar-refractivity contribution < 1.29 is 5.11 Å². The van der Waals surface area contributed by atoms with Gasteiger partial charge in [0.1, 0.15) is 4.60 Å². The molecule has 0 amide bonds. The van der Waals surface area contributed by atoms with Crippen molar-refractivity contribution in [3.8, 4) is 0 Å². The van der Waals surface area contributed by atoms with Gasteiger partial charge in [0.2, 0.25) is 0 Å². The highest BCUT2D eigenvalue weighted by molar-refractivity contribution is 9.10. The average molecular weight is 232 g/mol. The van der Waals surface area contributed by atoms with E-state index in [0.717, 1.165) is 5.69 Å². The van der Waals surface area contributed by atoms with E-state index in [1.807, 2.05) is 6.92 Å². The van der Waals surface area contributed by atoms with Crippen LogP contribution in [0.4, 0.5) is 5.82 Å². The van der Waals surface area contributed by atoms with Gasteiger partial charge in [0, 0.05) is 5.92 Å². The Morgan fingerprint density at radius 3 is 2.92 bits per heavy atom. The second kappa shape index (κ2) is 3.82. The van der Waals surface area contributed by atoms with Crippen molar-refractivity contribution >= 4 is 21.7 Å². The van der Waals surface area contributed by atoms with Crippen LogP contribution in [-0.2, 0) is 0 Å². The van der Waals surface area contributed by atoms with E-state index in [1.54, 1.807) is 6.20 Å². The van der Waals surface area contributed by atoms with Crippen LogP contribution in [0.3, 0.4) is 0 Å². The number of nitrogen functional groups attached to an aromatic ring is 1. The van der Waals surface area contributed by atoms with Crippen LogP contribution in [0.25, 0.3) is 0 Å². The predicted molar refractivity (Wildman–Crippen MR) is 49.6 cm³/mol. The summed E-state index contributed by atoms with van der Waals surface area (Å²) < 4.78 is 0.528. The van der Waals surface area contributed by atoms with Gasteiger partial charge in [0.15, 0.2) is 5.82 Å². The molecule has 0 aliphatic carbocycles. The summed E-state index contributed by atoms with van der Waals surface area (Å²) in [5, 5.41) is 8.83. The van der Waals surface area contributed by atoms with Gasteiger partial charge in [0.25, 0.3) is 0 Å². The molecular weight excluding hydrogens is 222 g/mol. The molecule has 3 N–H and O–H groups in total. The quantitative estimate of drug-likeness (QED) is 0.795. The molecule has 1 unspecified atom stereocenters. The van der Waals surface area contributed by atoms with Gasteiger partial charge >= 0.3 is 0 Å². The number of hydrogen-bond donors (Lipinski definition) is 2. The molecule has 1 aromatic rings. The number of halogens is 1. The van der Waals surface area contributed by atoms with Crippen molar-refractivity contribution in [3.63, 3.8) is 0 Å². The highest BCUT2D eigenvalue weighted by Crippen LogP contribution is 2.17. The molecule has 1 atom stereocenters. The zero-order valence-corrected chi connectivity index (χ0v) is 8.24. The lowest BCUT2D eigenvalue weighted by molar-refractivity contribution is 0.270. The first-order chi connectivity index (χ1) is 5.65. The first-order valence-electron chi connectivity index (χ1n) is 3.54. The number of aromatic nitrogens is 2. The summed E-state index contributed by atoms with van der Waals surface area (Å²) in [6.45, 7) is 1.93. The van der Waals surface area contributed by atoms with Crippen molar-refractivity contribution in [2.75, 3.05) is 12.3 Å². The van der Waals surface area contributed by atoms with Crippen LogP contribution in [0.2, 0.25) is 0 Å². The second-order valence-electron chi connectivity index (χ2n) is 2.55. The van der Waals surface area contributed by atoms with E-state index in [2.05, 4.69) is 25.9 Å². The summed E-state index contributed by atoms with van der Waals surface area (Å²) >= 11 is 3.16. The summed E-state index contributed by atoms with van der Waals surface area (Å²) in [7, 11) is 0. The number of nitrogens with two attached hydrogens (primary N) is 1. The van der Waals surface area contributed by atoms with Gasteiger partial charge in [0.05, 0.1) is 18.5 Å². The zero-order chi connectivity index (χ0) is 9.14. The number of nitrogens with zero attached hydrogens (tertiary/aromatic N) is 2. The largest absolute Gasteiger partial charge is 0.396 e. The molecule has 1 aromatic heterocycles. The maximum absolute atomic E-state index is 8.83. The summed E-state index contributed by atoms with van der Waals surface area (Å²) in [6, 6.07) is 0. The normalized spacial score (nSPS) is 12.9. The lowest BCUT2D eigenvalue weighted by atomic mass is 10.1. The van der Waals surface area contributed by atoms with Gasteiger partial charge in [-0.1, -0.05) is 6.92 Å². The molecule has 12 heavy (non-hydrogen) atoms. The summed E-state index contributed by atoms with van der Waals surface area (Å²) in [5.74, 6) is 0.360. The molecule has 0 aromatic carbocycles. The number of hydrogen-bond acceptors (Lipinski definition) is 4. The van der Waals surface area contributed by atoms with E-state index in [4.69, 9.17) is 10.8 Å². The Morgan fingerprint density at radius 1 is 1.75 bits per heavy atom. The third-order valence-electron chi connectivity index (χ3n) is 1.55. The van der Waals surface area contributed by atoms with E-state index in [1.165, 1.54) is 0 Å². The van der Waals surface area contributed by atoms with Gasteiger partial charge in [-0.15, -0.1) is 0 Å². The molecule has 0 saturated heterocycles. The molecule has 0 saturated carbocycles. The summed E-state index contributed by atoms with van der Waals surface area (Å²) in [4.78, 5) is 8.02. The van der Waals surface area contributed by atoms with Crippen LogP contribution in [0.1, 0.15) is 18.5 Å². The van der Waals surface area contributed by atoms with Crippen LogP contribution in [0, 0.1) is 0 Å². The van der Waals surface area contributed by atoms with Crippen LogP contribution < -0.4 is 5.73 Å². The molecule has 0 fully saturated rings. The fourth-order valence-corrected chi connectivity index (χ4v) is 1.03. The van der Waals surface area contributed by atoms with Crippen molar-refractivity contribution in [1.29, 1.82) is 0 Å². The molecule has 1 heterocycles. The van der Waals surface area contributed by atoms with Crippen LogP contribution in [-0.4, -0.2) is 21.7 Å². The van der Waals surface area contributed by atoms with Gasteiger partial charge in [-0.3, -0.25) is 0 Å². The third kappa shape index (κ3) is 1.92. The van der Waals surface area contributed by atoms with E-state index in [-0.39, 0.29) is 12.5 Å². The minimum atomic E-state index is -0.00519. The predicted octanol–water partition coefficient (Wildman–Crippen LogP) is 0.917. The topological polar surface area (TPSA) is 72.0 Å². The molecular formula is C7H10BrN3O. The fraction of sp³-hybridized carbons (Fsp3) is 0.429. The second-order valence-corrected chi connectivity index (χ2v) is 3.31. The van der Waals surface area contributed by atoms with Crippen molar-refractivity contribution in [2.45, 2.75) is 12.8 Å². The Morgan fingerprint density at radius 2 is 2.42 bits per heavy atom. The monoisotopic (exact) mass is 231 g/mol. The van der Waals surface area contributed by atoms with Crippen LogP contribution in [0.15, 0.2) is 10.8 Å². The van der Waals surface area contributed by atoms with E-state index >= 15 is 0 Å². The average Bonchev–Trinajstić information content (AvgIpc) is 2.08. The Bertz CT molecular complexity index is 279. The molecule has 4 nitrogen and oxygen atoms in total. The SMILES string of the molecule is CC(CO)c1cnc(N)c(Br)n1. The minimum Gasteiger partial charge on any atom is -0.396 e. The lowest BCUT2D eigenvalue weighted by Gasteiger charge is -2.06. The first-order valence-corrected chi connectivity index (χ1v) is 4.33. The molecule has 5 heteroatoms. The Labute approximate surface area is 79.0 Å². The number of aliphatic hydroxyl groups excluding tert-OH is 1. The standard InChI is InChI=1S/C7H10BrN3O/c1-4(3-12)5-2-10-7(9)6(8)11-5/h2,4,12H,3H2,1H3,(H2,9,10). The lowest BCUT2D eigenvalue weighted by Crippen LogP contribution is -2.04. The molecule has 0 bridgehead atoms. The first kappa shape index (κ1) is 9.41. The van der Waals surface area contributed by atoms with E-state index in [9.17, 15) is 0 Å². The highest BCUT2D eigenvalue weighted by Gasteiger charge is 2.07. The molecule has 1 rings (SSSR count). The van der Waals surface area contributed by atoms with Crippen molar-refractivity contribution in [3.05, 3.63) is 16.5 Å². The zero-order valence-electron chi connectivity index (χ0n) is 6.66. The maximum atomic E-state index is 8.83. The van der Waals surface area contributed by atoms with Crippen LogP contribution >= 0.6 is 15.9 Å². The Kier molecular flexibility index (Phi) is 2.99. The number of rotatable bonds is 2. The van der Waals surface area contributed by atoms with Crippen LogP contribution in [0.5, 0.6) is 0 Å². The number of anilines is 1. The van der Waals surface area contributed by atoms with E-state index < -0.39 is 0 Å². The molecule has 0 spiro atoms.